The van der Waals surface area contributed by atoms with Gasteiger partial charge in [0.2, 0.25) is 5.91 Å². The van der Waals surface area contributed by atoms with Crippen LogP contribution in [0.5, 0.6) is 0 Å². The fourth-order valence-electron chi connectivity index (χ4n) is 1.66. The van der Waals surface area contributed by atoms with Crippen molar-refractivity contribution < 1.29 is 19.5 Å². The van der Waals surface area contributed by atoms with Crippen LogP contribution in [0.2, 0.25) is 0 Å². The second-order valence-electron chi connectivity index (χ2n) is 5.10. The van der Waals surface area contributed by atoms with E-state index >= 15 is 0 Å². The van der Waals surface area contributed by atoms with Gasteiger partial charge in [0.25, 0.3) is 5.91 Å². The Morgan fingerprint density at radius 2 is 2.09 bits per heavy atom. The van der Waals surface area contributed by atoms with E-state index < -0.39 is 17.9 Å². The maximum absolute atomic E-state index is 12.0. The quantitative estimate of drug-likeness (QED) is 0.683. The van der Waals surface area contributed by atoms with Crippen LogP contribution in [0.1, 0.15) is 36.7 Å². The number of hydrogen-bond acceptors (Lipinski definition) is 5. The Hall–Kier alpha value is -2.45. The van der Waals surface area contributed by atoms with Crippen LogP contribution < -0.4 is 5.32 Å². The van der Waals surface area contributed by atoms with Crippen LogP contribution >= 0.6 is 0 Å². The van der Waals surface area contributed by atoms with Crippen molar-refractivity contribution in [3.8, 4) is 0 Å². The van der Waals surface area contributed by atoms with Crippen molar-refractivity contribution in [1.82, 2.24) is 25.2 Å². The predicted molar refractivity (Wildman–Crippen MR) is 77.1 cm³/mol. The predicted octanol–water partition coefficient (Wildman–Crippen LogP) is -0.260. The molecule has 0 saturated carbocycles. The summed E-state index contributed by atoms with van der Waals surface area (Å²) in [5, 5.41) is 18.8. The molecule has 1 aromatic heterocycles. The lowest BCUT2D eigenvalue weighted by Gasteiger charge is -2.12. The zero-order chi connectivity index (χ0) is 16.7. The molecule has 0 fully saturated rings. The third-order valence-corrected chi connectivity index (χ3v) is 3.02. The summed E-state index contributed by atoms with van der Waals surface area (Å²) in [5.41, 5.74) is -0.0192. The molecule has 122 valence electrons. The maximum atomic E-state index is 12.0. The molecule has 0 bridgehead atoms. The first-order valence-corrected chi connectivity index (χ1v) is 6.99. The molecule has 0 unspecified atom stereocenters. The third-order valence-electron chi connectivity index (χ3n) is 3.02. The van der Waals surface area contributed by atoms with E-state index in [0.717, 1.165) is 6.42 Å². The number of carbonyl (C=O) groups is 3. The number of carbonyl (C=O) groups excluding carboxylic acids is 2. The zero-order valence-corrected chi connectivity index (χ0v) is 12.9. The Balaban J connectivity index is 2.67. The number of aromatic nitrogens is 3. The average molecular weight is 311 g/mol. The Labute approximate surface area is 128 Å². The summed E-state index contributed by atoms with van der Waals surface area (Å²) >= 11 is 0. The number of likely N-dealkylation sites (N-methyl/N-ethyl adjacent to an activating group) is 1. The molecule has 22 heavy (non-hydrogen) atoms. The minimum atomic E-state index is -1.09. The standard InChI is InChI=1S/C13H21N5O4/c1-4-5-6-9(13(21)22)14-12(20)10-7-18(16-15-10)8-11(19)17(2)3/h7,9H,4-6,8H2,1-3H3,(H,14,20)(H,21,22)/t9-/m0/s1. The first-order chi connectivity index (χ1) is 10.3. The molecule has 0 aliphatic carbocycles. The van der Waals surface area contributed by atoms with E-state index in [9.17, 15) is 14.4 Å². The molecule has 1 aromatic rings. The molecule has 2 amide bonds. The second-order valence-corrected chi connectivity index (χ2v) is 5.10. The number of rotatable bonds is 8. The Morgan fingerprint density at radius 3 is 2.64 bits per heavy atom. The number of aliphatic carboxylic acids is 1. The van der Waals surface area contributed by atoms with Gasteiger partial charge in [0.05, 0.1) is 6.20 Å². The van der Waals surface area contributed by atoms with Crippen molar-refractivity contribution in [3.05, 3.63) is 11.9 Å². The number of carboxylic acids is 1. The summed E-state index contributed by atoms with van der Waals surface area (Å²) in [6.07, 6.45) is 3.20. The lowest BCUT2D eigenvalue weighted by Crippen LogP contribution is -2.40. The van der Waals surface area contributed by atoms with Gasteiger partial charge in [-0.3, -0.25) is 9.59 Å². The number of unbranched alkanes of at least 4 members (excludes halogenated alkanes) is 1. The maximum Gasteiger partial charge on any atom is 0.326 e. The van der Waals surface area contributed by atoms with Crippen molar-refractivity contribution in [2.24, 2.45) is 0 Å². The van der Waals surface area contributed by atoms with Crippen molar-refractivity contribution >= 4 is 17.8 Å². The molecule has 1 heterocycles. The first kappa shape index (κ1) is 17.6. The lowest BCUT2D eigenvalue weighted by molar-refractivity contribution is -0.139. The molecule has 9 heteroatoms. The molecule has 0 spiro atoms. The van der Waals surface area contributed by atoms with Gasteiger partial charge >= 0.3 is 5.97 Å². The molecule has 0 aromatic carbocycles. The third kappa shape index (κ3) is 5.15. The fraction of sp³-hybridized carbons (Fsp3) is 0.615. The van der Waals surface area contributed by atoms with Gasteiger partial charge in [-0.05, 0) is 6.42 Å². The normalized spacial score (nSPS) is 11.8. The highest BCUT2D eigenvalue weighted by molar-refractivity contribution is 5.94. The van der Waals surface area contributed by atoms with Crippen molar-refractivity contribution in [2.75, 3.05) is 14.1 Å². The van der Waals surface area contributed by atoms with Gasteiger partial charge in [0, 0.05) is 14.1 Å². The van der Waals surface area contributed by atoms with Crippen LogP contribution in [0, 0.1) is 0 Å². The van der Waals surface area contributed by atoms with E-state index in [1.54, 1.807) is 14.1 Å². The highest BCUT2D eigenvalue weighted by atomic mass is 16.4. The van der Waals surface area contributed by atoms with Crippen LogP contribution in [0.25, 0.3) is 0 Å². The molecule has 0 saturated heterocycles. The van der Waals surface area contributed by atoms with Crippen molar-refractivity contribution in [3.63, 3.8) is 0 Å². The van der Waals surface area contributed by atoms with Crippen LogP contribution in [0.15, 0.2) is 6.20 Å². The smallest absolute Gasteiger partial charge is 0.326 e. The largest absolute Gasteiger partial charge is 0.480 e. The van der Waals surface area contributed by atoms with Crippen LogP contribution in [0.3, 0.4) is 0 Å². The number of hydrogen-bond donors (Lipinski definition) is 2. The van der Waals surface area contributed by atoms with Crippen LogP contribution in [-0.2, 0) is 16.1 Å². The molecular formula is C13H21N5O4. The van der Waals surface area contributed by atoms with Gasteiger partial charge in [-0.1, -0.05) is 25.0 Å². The molecular weight excluding hydrogens is 290 g/mol. The Bertz CT molecular complexity index is 540. The molecule has 2 N–H and O–H groups in total. The Morgan fingerprint density at radius 1 is 1.41 bits per heavy atom. The summed E-state index contributed by atoms with van der Waals surface area (Å²) in [6.45, 7) is 1.90. The van der Waals surface area contributed by atoms with E-state index in [2.05, 4.69) is 15.6 Å². The summed E-state index contributed by atoms with van der Waals surface area (Å²) in [6, 6.07) is -0.957. The molecule has 0 aliphatic rings. The highest BCUT2D eigenvalue weighted by Gasteiger charge is 2.22. The number of nitrogens with zero attached hydrogens (tertiary/aromatic N) is 4. The zero-order valence-electron chi connectivity index (χ0n) is 12.9. The number of nitrogens with one attached hydrogen (secondary N) is 1. The van der Waals surface area contributed by atoms with Gasteiger partial charge in [-0.2, -0.15) is 0 Å². The first-order valence-electron chi connectivity index (χ1n) is 6.99. The van der Waals surface area contributed by atoms with Crippen molar-refractivity contribution in [2.45, 2.75) is 38.8 Å². The summed E-state index contributed by atoms with van der Waals surface area (Å²) < 4.78 is 1.24. The van der Waals surface area contributed by atoms with Gasteiger partial charge in [-0.25, -0.2) is 9.48 Å². The number of amides is 2. The minimum absolute atomic E-state index is 0.0192. The molecule has 9 nitrogen and oxygen atoms in total. The second kappa shape index (κ2) is 8.11. The molecule has 1 atom stereocenters. The fourth-order valence-corrected chi connectivity index (χ4v) is 1.66. The summed E-state index contributed by atoms with van der Waals surface area (Å²) in [5.74, 6) is -1.90. The average Bonchev–Trinajstić information content (AvgIpc) is 2.91. The lowest BCUT2D eigenvalue weighted by atomic mass is 10.1. The van der Waals surface area contributed by atoms with E-state index in [1.165, 1.54) is 15.8 Å². The monoisotopic (exact) mass is 311 g/mol. The van der Waals surface area contributed by atoms with E-state index in [1.807, 2.05) is 6.92 Å². The summed E-state index contributed by atoms with van der Waals surface area (Å²) in [7, 11) is 3.22. The highest BCUT2D eigenvalue weighted by Crippen LogP contribution is 2.03. The van der Waals surface area contributed by atoms with Gasteiger partial charge < -0.3 is 15.3 Å². The minimum Gasteiger partial charge on any atom is -0.480 e. The topological polar surface area (TPSA) is 117 Å². The SMILES string of the molecule is CCCC[C@H](NC(=O)c1cn(CC(=O)N(C)C)nn1)C(=O)O. The van der Waals surface area contributed by atoms with Crippen LogP contribution in [-0.4, -0.2) is 62.9 Å². The van der Waals surface area contributed by atoms with Crippen molar-refractivity contribution in [1.29, 1.82) is 0 Å². The van der Waals surface area contributed by atoms with E-state index in [-0.39, 0.29) is 18.1 Å². The van der Waals surface area contributed by atoms with Gasteiger partial charge in [0.15, 0.2) is 5.69 Å². The molecule has 0 aliphatic heterocycles. The number of carboxylic acid groups (broad SMARTS) is 1. The van der Waals surface area contributed by atoms with E-state index in [4.69, 9.17) is 5.11 Å². The Kier molecular flexibility index (Phi) is 6.48. The molecule has 0 radical (unpaired) electrons. The molecule has 1 rings (SSSR count). The van der Waals surface area contributed by atoms with Gasteiger partial charge in [-0.15, -0.1) is 5.10 Å². The summed E-state index contributed by atoms with van der Waals surface area (Å²) in [4.78, 5) is 36.0. The van der Waals surface area contributed by atoms with Gasteiger partial charge in [0.1, 0.15) is 12.6 Å². The van der Waals surface area contributed by atoms with Crippen LogP contribution in [0.4, 0.5) is 0 Å². The van der Waals surface area contributed by atoms with E-state index in [0.29, 0.717) is 12.8 Å².